The average Bonchev–Trinajstić information content (AvgIpc) is 3.04. The zero-order chi connectivity index (χ0) is 16.2. The number of aromatic nitrogens is 1. The normalized spacial score (nSPS) is 10.5. The number of pyridine rings is 1. The summed E-state index contributed by atoms with van der Waals surface area (Å²) in [5, 5.41) is 11.9. The molecule has 0 spiro atoms. The minimum absolute atomic E-state index is 0.127. The minimum Gasteiger partial charge on any atom is -0.459 e. The van der Waals surface area contributed by atoms with Gasteiger partial charge in [0.15, 0.2) is 0 Å². The molecule has 23 heavy (non-hydrogen) atoms. The standard InChI is InChI=1S/C18H16N2O3/c1-12-9-14(20-18(22)13-3-2-8-19-10-13)4-6-16(12)17-7-5-15(11-21)23-17/h2-10,21H,11H2,1H3,(H,20,22). The Balaban J connectivity index is 1.80. The lowest BCUT2D eigenvalue weighted by molar-refractivity contribution is 0.102. The monoisotopic (exact) mass is 308 g/mol. The van der Waals surface area contributed by atoms with E-state index >= 15 is 0 Å². The van der Waals surface area contributed by atoms with Gasteiger partial charge >= 0.3 is 0 Å². The van der Waals surface area contributed by atoms with E-state index in [1.807, 2.05) is 31.2 Å². The smallest absolute Gasteiger partial charge is 0.257 e. The number of furan rings is 1. The van der Waals surface area contributed by atoms with E-state index in [-0.39, 0.29) is 12.5 Å². The number of aryl methyl sites for hydroxylation is 1. The van der Waals surface area contributed by atoms with Gasteiger partial charge in [-0.2, -0.15) is 0 Å². The van der Waals surface area contributed by atoms with Crippen LogP contribution >= 0.6 is 0 Å². The number of anilines is 1. The predicted octanol–water partition coefficient (Wildman–Crippen LogP) is 3.39. The van der Waals surface area contributed by atoms with Crippen molar-refractivity contribution in [1.29, 1.82) is 0 Å². The molecule has 0 saturated heterocycles. The number of rotatable bonds is 4. The zero-order valence-electron chi connectivity index (χ0n) is 12.6. The Hall–Kier alpha value is -2.92. The van der Waals surface area contributed by atoms with Crippen LogP contribution < -0.4 is 5.32 Å². The number of nitrogens with one attached hydrogen (secondary N) is 1. The summed E-state index contributed by atoms with van der Waals surface area (Å²) in [5.74, 6) is 1.01. The highest BCUT2D eigenvalue weighted by atomic mass is 16.4. The van der Waals surface area contributed by atoms with Crippen molar-refractivity contribution in [1.82, 2.24) is 4.98 Å². The lowest BCUT2D eigenvalue weighted by Crippen LogP contribution is -2.12. The van der Waals surface area contributed by atoms with Crippen LogP contribution in [0.1, 0.15) is 21.7 Å². The third-order valence-corrected chi connectivity index (χ3v) is 3.49. The Morgan fingerprint density at radius 2 is 2.13 bits per heavy atom. The van der Waals surface area contributed by atoms with Crippen LogP contribution in [0.4, 0.5) is 5.69 Å². The fourth-order valence-electron chi connectivity index (χ4n) is 2.33. The van der Waals surface area contributed by atoms with E-state index in [2.05, 4.69) is 10.3 Å². The van der Waals surface area contributed by atoms with E-state index in [4.69, 9.17) is 9.52 Å². The number of amides is 1. The van der Waals surface area contributed by atoms with Crippen LogP contribution in [0.3, 0.4) is 0 Å². The van der Waals surface area contributed by atoms with Crippen molar-refractivity contribution >= 4 is 11.6 Å². The Kier molecular flexibility index (Phi) is 4.21. The minimum atomic E-state index is -0.203. The van der Waals surface area contributed by atoms with E-state index in [0.29, 0.717) is 22.8 Å². The second-order valence-corrected chi connectivity index (χ2v) is 5.15. The molecule has 3 aromatic rings. The molecule has 0 atom stereocenters. The molecule has 5 heteroatoms. The lowest BCUT2D eigenvalue weighted by atomic mass is 10.1. The molecule has 2 aromatic heterocycles. The van der Waals surface area contributed by atoms with Crippen molar-refractivity contribution < 1.29 is 14.3 Å². The van der Waals surface area contributed by atoms with Crippen LogP contribution in [0.2, 0.25) is 0 Å². The summed E-state index contributed by atoms with van der Waals surface area (Å²) in [5.41, 5.74) is 3.10. The van der Waals surface area contributed by atoms with E-state index in [1.54, 1.807) is 24.4 Å². The average molecular weight is 308 g/mol. The molecule has 1 aromatic carbocycles. The SMILES string of the molecule is Cc1cc(NC(=O)c2cccnc2)ccc1-c1ccc(CO)o1. The molecule has 2 N–H and O–H groups in total. The van der Waals surface area contributed by atoms with Crippen LogP contribution in [0.25, 0.3) is 11.3 Å². The Labute approximate surface area is 133 Å². The molecular formula is C18H16N2O3. The van der Waals surface area contributed by atoms with Crippen LogP contribution in [0.15, 0.2) is 59.3 Å². The van der Waals surface area contributed by atoms with Crippen LogP contribution in [0.5, 0.6) is 0 Å². The largest absolute Gasteiger partial charge is 0.459 e. The predicted molar refractivity (Wildman–Crippen MR) is 87.0 cm³/mol. The van der Waals surface area contributed by atoms with Crippen LogP contribution in [0, 0.1) is 6.92 Å². The maximum Gasteiger partial charge on any atom is 0.257 e. The number of carbonyl (C=O) groups is 1. The summed E-state index contributed by atoms with van der Waals surface area (Å²) < 4.78 is 5.54. The number of aliphatic hydroxyl groups excluding tert-OH is 1. The molecule has 0 aliphatic rings. The van der Waals surface area contributed by atoms with E-state index in [9.17, 15) is 4.79 Å². The van der Waals surface area contributed by atoms with Crippen LogP contribution in [-0.4, -0.2) is 16.0 Å². The fourth-order valence-corrected chi connectivity index (χ4v) is 2.33. The van der Waals surface area contributed by atoms with Gasteiger partial charge in [-0.1, -0.05) is 0 Å². The Morgan fingerprint density at radius 1 is 1.26 bits per heavy atom. The quantitative estimate of drug-likeness (QED) is 0.774. The molecule has 0 unspecified atom stereocenters. The van der Waals surface area contributed by atoms with Gasteiger partial charge in [0.2, 0.25) is 0 Å². The van der Waals surface area contributed by atoms with Crippen molar-refractivity contribution in [2.45, 2.75) is 13.5 Å². The third-order valence-electron chi connectivity index (χ3n) is 3.49. The molecule has 0 saturated carbocycles. The summed E-state index contributed by atoms with van der Waals surface area (Å²) in [6, 6.07) is 12.6. The first-order valence-electron chi connectivity index (χ1n) is 7.19. The molecule has 1 amide bonds. The van der Waals surface area contributed by atoms with E-state index in [1.165, 1.54) is 6.20 Å². The summed E-state index contributed by atoms with van der Waals surface area (Å²) in [4.78, 5) is 16.1. The lowest BCUT2D eigenvalue weighted by Gasteiger charge is -2.08. The van der Waals surface area contributed by atoms with Gasteiger partial charge < -0.3 is 14.8 Å². The summed E-state index contributed by atoms with van der Waals surface area (Å²) in [7, 11) is 0. The molecule has 2 heterocycles. The maximum atomic E-state index is 12.1. The van der Waals surface area contributed by atoms with Crippen molar-refractivity contribution in [3.63, 3.8) is 0 Å². The second-order valence-electron chi connectivity index (χ2n) is 5.15. The van der Waals surface area contributed by atoms with E-state index < -0.39 is 0 Å². The van der Waals surface area contributed by atoms with Crippen molar-refractivity contribution in [3.8, 4) is 11.3 Å². The summed E-state index contributed by atoms with van der Waals surface area (Å²) in [6.45, 7) is 1.81. The third kappa shape index (κ3) is 3.30. The fraction of sp³-hybridized carbons (Fsp3) is 0.111. The highest BCUT2D eigenvalue weighted by Gasteiger charge is 2.10. The number of carbonyl (C=O) groups excluding carboxylic acids is 1. The highest BCUT2D eigenvalue weighted by molar-refractivity contribution is 6.04. The number of hydrogen-bond donors (Lipinski definition) is 2. The Morgan fingerprint density at radius 3 is 2.78 bits per heavy atom. The summed E-state index contributed by atoms with van der Waals surface area (Å²) in [6.07, 6.45) is 3.15. The number of benzene rings is 1. The first-order valence-corrected chi connectivity index (χ1v) is 7.19. The van der Waals surface area contributed by atoms with Gasteiger partial charge in [0, 0.05) is 23.6 Å². The first-order chi connectivity index (χ1) is 11.2. The molecule has 3 rings (SSSR count). The van der Waals surface area contributed by atoms with Gasteiger partial charge in [-0.3, -0.25) is 9.78 Å². The topological polar surface area (TPSA) is 75.4 Å². The van der Waals surface area contributed by atoms with Gasteiger partial charge in [0.05, 0.1) is 5.56 Å². The van der Waals surface area contributed by atoms with Gasteiger partial charge in [0.25, 0.3) is 5.91 Å². The van der Waals surface area contributed by atoms with Gasteiger partial charge in [-0.15, -0.1) is 0 Å². The van der Waals surface area contributed by atoms with Gasteiger partial charge in [-0.25, -0.2) is 0 Å². The zero-order valence-corrected chi connectivity index (χ0v) is 12.6. The molecule has 0 fully saturated rings. The molecule has 0 aliphatic heterocycles. The molecule has 5 nitrogen and oxygen atoms in total. The number of aliphatic hydroxyl groups is 1. The molecule has 116 valence electrons. The van der Waals surface area contributed by atoms with Crippen LogP contribution in [-0.2, 0) is 6.61 Å². The second kappa shape index (κ2) is 6.46. The molecule has 0 aliphatic carbocycles. The van der Waals surface area contributed by atoms with Gasteiger partial charge in [0.1, 0.15) is 18.1 Å². The van der Waals surface area contributed by atoms with Crippen molar-refractivity contribution in [2.75, 3.05) is 5.32 Å². The maximum absolute atomic E-state index is 12.1. The highest BCUT2D eigenvalue weighted by Crippen LogP contribution is 2.28. The molecule has 0 radical (unpaired) electrons. The van der Waals surface area contributed by atoms with Crippen molar-refractivity contribution in [2.24, 2.45) is 0 Å². The van der Waals surface area contributed by atoms with Gasteiger partial charge in [-0.05, 0) is 55.0 Å². The molecule has 0 bridgehead atoms. The summed E-state index contributed by atoms with van der Waals surface area (Å²) >= 11 is 0. The number of nitrogens with zero attached hydrogens (tertiary/aromatic N) is 1. The Bertz CT molecular complexity index is 825. The van der Waals surface area contributed by atoms with E-state index in [0.717, 1.165) is 11.1 Å². The van der Waals surface area contributed by atoms with Crippen molar-refractivity contribution in [3.05, 3.63) is 71.7 Å². The molecular weight excluding hydrogens is 292 g/mol. The number of hydrogen-bond acceptors (Lipinski definition) is 4. The first kappa shape index (κ1) is 15.0.